The minimum absolute atomic E-state index is 0.0114. The molecule has 8 nitrogen and oxygen atoms in total. The van der Waals surface area contributed by atoms with E-state index in [1.54, 1.807) is 0 Å². The molecule has 3 N–H and O–H groups in total. The highest BCUT2D eigenvalue weighted by Gasteiger charge is 2.41. The van der Waals surface area contributed by atoms with Gasteiger partial charge in [-0.05, 0) is 43.7 Å². The van der Waals surface area contributed by atoms with Crippen LogP contribution in [0.2, 0.25) is 0 Å². The highest BCUT2D eigenvalue weighted by molar-refractivity contribution is 5.87. The van der Waals surface area contributed by atoms with Gasteiger partial charge in [-0.3, -0.25) is 9.59 Å². The number of Topliss-reactive ketones (excluding diaryl/α,β-unsaturated/α-hetero) is 1. The molecule has 0 radical (unpaired) electrons. The van der Waals surface area contributed by atoms with E-state index in [-0.39, 0.29) is 36.3 Å². The van der Waals surface area contributed by atoms with E-state index in [9.17, 15) is 9.59 Å². The first kappa shape index (κ1) is 20.3. The maximum Gasteiger partial charge on any atom is 0.309 e. The van der Waals surface area contributed by atoms with Crippen molar-refractivity contribution < 1.29 is 14.3 Å². The summed E-state index contributed by atoms with van der Waals surface area (Å²) >= 11 is 0. The first-order valence-corrected chi connectivity index (χ1v) is 10.6. The van der Waals surface area contributed by atoms with E-state index in [1.807, 2.05) is 24.3 Å². The molecule has 0 amide bonds. The molecule has 1 aromatic carbocycles. The second-order valence-electron chi connectivity index (χ2n) is 8.07. The van der Waals surface area contributed by atoms with Crippen LogP contribution in [0.15, 0.2) is 24.3 Å². The van der Waals surface area contributed by atoms with Gasteiger partial charge in [0.25, 0.3) is 0 Å². The minimum Gasteiger partial charge on any atom is -0.457 e. The Morgan fingerprint density at radius 3 is 2.63 bits per heavy atom. The number of nitrogens with one attached hydrogen (secondary N) is 1. The lowest BCUT2D eigenvalue weighted by Gasteiger charge is -2.36. The average molecular weight is 409 g/mol. The normalized spacial score (nSPS) is 23.1. The average Bonchev–Trinajstić information content (AvgIpc) is 2.72. The molecule has 2 aliphatic carbocycles. The molecule has 2 saturated carbocycles. The Hall–Kier alpha value is -3.03. The molecule has 30 heavy (non-hydrogen) atoms. The van der Waals surface area contributed by atoms with Crippen molar-refractivity contribution in [2.45, 2.75) is 52.1 Å². The van der Waals surface area contributed by atoms with Crippen LogP contribution in [0.5, 0.6) is 0 Å². The van der Waals surface area contributed by atoms with Gasteiger partial charge in [-0.15, -0.1) is 0 Å². The molecule has 1 heterocycles. The van der Waals surface area contributed by atoms with Crippen LogP contribution in [0.3, 0.4) is 0 Å². The molecule has 2 bridgehead atoms. The lowest BCUT2D eigenvalue weighted by molar-refractivity contribution is -0.155. The summed E-state index contributed by atoms with van der Waals surface area (Å²) in [6, 6.07) is 7.88. The summed E-state index contributed by atoms with van der Waals surface area (Å²) in [7, 11) is 0. The van der Waals surface area contributed by atoms with E-state index in [0.717, 1.165) is 36.9 Å². The minimum atomic E-state index is -0.288. The first-order valence-electron chi connectivity index (χ1n) is 10.6. The predicted octanol–water partition coefficient (Wildman–Crippen LogP) is 3.20. The fourth-order valence-corrected chi connectivity index (χ4v) is 4.56. The zero-order valence-electron chi connectivity index (χ0n) is 17.1. The van der Waals surface area contributed by atoms with E-state index < -0.39 is 0 Å². The second kappa shape index (κ2) is 8.77. The molecular weight excluding hydrogens is 382 g/mol. The highest BCUT2D eigenvalue weighted by atomic mass is 16.5. The molecule has 4 rings (SSSR count). The Morgan fingerprint density at radius 1 is 1.17 bits per heavy atom. The SMILES string of the molecule is CCc1ccccc1Nc1nc(N)nc(COC(=O)C2C[C@@H]3CCC[C@@H](C2)C3=O)n1. The fraction of sp³-hybridized carbons (Fsp3) is 0.500. The Kier molecular flexibility index (Phi) is 5.92. The van der Waals surface area contributed by atoms with Crippen LogP contribution in [0, 0.1) is 17.8 Å². The monoisotopic (exact) mass is 409 g/mol. The van der Waals surface area contributed by atoms with Crippen LogP contribution < -0.4 is 11.1 Å². The van der Waals surface area contributed by atoms with E-state index in [2.05, 4.69) is 27.2 Å². The maximum atomic E-state index is 12.6. The molecule has 2 fully saturated rings. The number of rotatable bonds is 6. The van der Waals surface area contributed by atoms with Gasteiger partial charge in [-0.2, -0.15) is 15.0 Å². The maximum absolute atomic E-state index is 12.6. The molecule has 2 aliphatic rings. The molecular formula is C22H27N5O3. The molecule has 2 atom stereocenters. The quantitative estimate of drug-likeness (QED) is 0.698. The number of ketones is 1. The standard InChI is InChI=1S/C22H27N5O3/c1-2-13-6-3-4-9-17(13)24-22-26-18(25-21(23)27-22)12-30-20(29)16-10-14-7-5-8-15(11-16)19(14)28/h3-4,6,9,14-16H,2,5,7-8,10-12H2,1H3,(H3,23,24,25,26,27)/t14-,15-/m0/s1. The number of nitrogen functional groups attached to an aromatic ring is 1. The van der Waals surface area contributed by atoms with Gasteiger partial charge in [0.1, 0.15) is 5.78 Å². The lowest BCUT2D eigenvalue weighted by atomic mass is 9.67. The summed E-state index contributed by atoms with van der Waals surface area (Å²) in [5.41, 5.74) is 7.85. The fourth-order valence-electron chi connectivity index (χ4n) is 4.56. The summed E-state index contributed by atoms with van der Waals surface area (Å²) in [5, 5.41) is 3.17. The Labute approximate surface area is 175 Å². The molecule has 2 aromatic rings. The number of benzene rings is 1. The number of nitrogens with zero attached hydrogens (tertiary/aromatic N) is 3. The zero-order chi connectivity index (χ0) is 21.1. The Morgan fingerprint density at radius 2 is 1.90 bits per heavy atom. The number of carbonyl (C=O) groups is 2. The summed E-state index contributed by atoms with van der Waals surface area (Å²) in [4.78, 5) is 37.4. The third-order valence-electron chi connectivity index (χ3n) is 6.07. The second-order valence-corrected chi connectivity index (χ2v) is 8.07. The van der Waals surface area contributed by atoms with E-state index in [1.165, 1.54) is 0 Å². The highest BCUT2D eigenvalue weighted by Crippen LogP contribution is 2.40. The van der Waals surface area contributed by atoms with Crippen LogP contribution in [0.4, 0.5) is 17.6 Å². The Balaban J connectivity index is 1.40. The number of esters is 1. The van der Waals surface area contributed by atoms with Gasteiger partial charge < -0.3 is 15.8 Å². The van der Waals surface area contributed by atoms with Crippen molar-refractivity contribution in [3.63, 3.8) is 0 Å². The molecule has 158 valence electrons. The number of anilines is 3. The number of ether oxygens (including phenoxy) is 1. The van der Waals surface area contributed by atoms with Crippen molar-refractivity contribution in [2.24, 2.45) is 17.8 Å². The number of aromatic nitrogens is 3. The Bertz CT molecular complexity index is 932. The predicted molar refractivity (Wildman–Crippen MR) is 112 cm³/mol. The van der Waals surface area contributed by atoms with E-state index in [4.69, 9.17) is 10.5 Å². The number of hydrogen-bond donors (Lipinski definition) is 2. The van der Waals surface area contributed by atoms with Crippen LogP contribution in [-0.4, -0.2) is 26.7 Å². The number of aryl methyl sites for hydroxylation is 1. The third kappa shape index (κ3) is 4.42. The number of nitrogens with two attached hydrogens (primary N) is 1. The molecule has 0 aliphatic heterocycles. The van der Waals surface area contributed by atoms with Crippen molar-refractivity contribution >= 4 is 29.3 Å². The first-order chi connectivity index (χ1) is 14.5. The van der Waals surface area contributed by atoms with Crippen molar-refractivity contribution in [2.75, 3.05) is 11.1 Å². The van der Waals surface area contributed by atoms with Crippen LogP contribution in [0.25, 0.3) is 0 Å². The zero-order valence-corrected chi connectivity index (χ0v) is 17.1. The lowest BCUT2D eigenvalue weighted by Crippen LogP contribution is -2.39. The number of para-hydroxylation sites is 1. The van der Waals surface area contributed by atoms with Gasteiger partial charge in [0.15, 0.2) is 12.4 Å². The molecule has 0 saturated heterocycles. The van der Waals surface area contributed by atoms with Gasteiger partial charge in [0.05, 0.1) is 5.92 Å². The van der Waals surface area contributed by atoms with Crippen LogP contribution >= 0.6 is 0 Å². The van der Waals surface area contributed by atoms with Crippen LogP contribution in [0.1, 0.15) is 50.4 Å². The van der Waals surface area contributed by atoms with Crippen molar-refractivity contribution in [1.29, 1.82) is 0 Å². The largest absolute Gasteiger partial charge is 0.457 e. The molecule has 0 unspecified atom stereocenters. The van der Waals surface area contributed by atoms with Crippen molar-refractivity contribution in [3.05, 3.63) is 35.7 Å². The molecule has 1 aromatic heterocycles. The van der Waals surface area contributed by atoms with Crippen molar-refractivity contribution in [1.82, 2.24) is 15.0 Å². The number of fused-ring (bicyclic) bond motifs is 2. The summed E-state index contributed by atoms with van der Waals surface area (Å²) in [5.74, 6) is 0.501. The van der Waals surface area contributed by atoms with Crippen molar-refractivity contribution in [3.8, 4) is 0 Å². The molecule has 0 spiro atoms. The topological polar surface area (TPSA) is 120 Å². The third-order valence-corrected chi connectivity index (χ3v) is 6.07. The van der Waals surface area contributed by atoms with Gasteiger partial charge in [-0.25, -0.2) is 0 Å². The van der Waals surface area contributed by atoms with E-state index in [0.29, 0.717) is 30.4 Å². The van der Waals surface area contributed by atoms with Gasteiger partial charge >= 0.3 is 5.97 Å². The number of carbonyl (C=O) groups excluding carboxylic acids is 2. The smallest absolute Gasteiger partial charge is 0.309 e. The van der Waals surface area contributed by atoms with Gasteiger partial charge in [0.2, 0.25) is 11.9 Å². The summed E-state index contributed by atoms with van der Waals surface area (Å²) in [6.45, 7) is 2.00. The summed E-state index contributed by atoms with van der Waals surface area (Å²) < 4.78 is 5.49. The number of hydrogen-bond acceptors (Lipinski definition) is 8. The van der Waals surface area contributed by atoms with Gasteiger partial charge in [0, 0.05) is 17.5 Å². The molecule has 8 heteroatoms. The van der Waals surface area contributed by atoms with Crippen LogP contribution in [-0.2, 0) is 27.4 Å². The van der Waals surface area contributed by atoms with Gasteiger partial charge in [-0.1, -0.05) is 31.5 Å². The summed E-state index contributed by atoms with van der Waals surface area (Å²) in [6.07, 6.45) is 4.89. The van der Waals surface area contributed by atoms with E-state index >= 15 is 0 Å².